The van der Waals surface area contributed by atoms with Gasteiger partial charge in [-0.1, -0.05) is 23.5 Å². The molecule has 26 heavy (non-hydrogen) atoms. The van der Waals surface area contributed by atoms with Crippen LogP contribution in [0.25, 0.3) is 15.3 Å². The van der Waals surface area contributed by atoms with Crippen LogP contribution in [0, 0.1) is 6.92 Å². The zero-order valence-electron chi connectivity index (χ0n) is 15.2. The second-order valence-corrected chi connectivity index (χ2v) is 7.67. The van der Waals surface area contributed by atoms with Crippen LogP contribution in [-0.4, -0.2) is 63.6 Å². The Labute approximate surface area is 155 Å². The maximum Gasteiger partial charge on any atom is 0.282 e. The second-order valence-electron chi connectivity index (χ2n) is 6.66. The van der Waals surface area contributed by atoms with Gasteiger partial charge in [-0.3, -0.25) is 14.9 Å². The third-order valence-electron chi connectivity index (χ3n) is 4.68. The summed E-state index contributed by atoms with van der Waals surface area (Å²) in [5.41, 5.74) is 2.98. The molecule has 0 atom stereocenters. The fourth-order valence-corrected chi connectivity index (χ4v) is 4.15. The summed E-state index contributed by atoms with van der Waals surface area (Å²) in [5, 5.41) is 10.5. The minimum atomic E-state index is -0.100. The number of nitrogens with one attached hydrogen (secondary N) is 1. The minimum absolute atomic E-state index is 0.100. The average Bonchev–Trinajstić information content (AvgIpc) is 3.17. The van der Waals surface area contributed by atoms with E-state index in [1.807, 2.05) is 43.1 Å². The van der Waals surface area contributed by atoms with Gasteiger partial charge in [-0.05, 0) is 33.0 Å². The van der Waals surface area contributed by atoms with E-state index in [4.69, 9.17) is 0 Å². The summed E-state index contributed by atoms with van der Waals surface area (Å²) in [5.74, 6) is 0. The van der Waals surface area contributed by atoms with Crippen LogP contribution >= 0.6 is 11.3 Å². The van der Waals surface area contributed by atoms with E-state index >= 15 is 0 Å². The quantitative estimate of drug-likeness (QED) is 0.717. The van der Waals surface area contributed by atoms with E-state index < -0.39 is 0 Å². The normalized spacial score (nSPS) is 16.6. The molecule has 4 rings (SSSR count). The molecule has 0 radical (unpaired) electrons. The predicted molar refractivity (Wildman–Crippen MR) is 106 cm³/mol. The highest BCUT2D eigenvalue weighted by atomic mass is 32.1. The van der Waals surface area contributed by atoms with E-state index in [0.29, 0.717) is 10.7 Å². The van der Waals surface area contributed by atoms with Crippen molar-refractivity contribution in [1.29, 1.82) is 0 Å². The van der Waals surface area contributed by atoms with Crippen molar-refractivity contribution in [3.8, 4) is 5.13 Å². The van der Waals surface area contributed by atoms with Gasteiger partial charge in [-0.25, -0.2) is 4.98 Å². The first-order chi connectivity index (χ1) is 12.5. The molecule has 3 aromatic rings. The predicted octanol–water partition coefficient (Wildman–Crippen LogP) is 2.06. The third-order valence-corrected chi connectivity index (χ3v) is 5.70. The van der Waals surface area contributed by atoms with E-state index in [0.717, 1.165) is 47.8 Å². The topological polar surface area (TPSA) is 69.5 Å². The highest BCUT2D eigenvalue weighted by Gasteiger charge is 2.19. The molecule has 1 N–H and O–H groups in total. The third kappa shape index (κ3) is 3.06. The number of rotatable bonds is 3. The number of hydrogen-bond donors (Lipinski definition) is 1. The highest BCUT2D eigenvalue weighted by molar-refractivity contribution is 7.20. The first-order valence-electron chi connectivity index (χ1n) is 8.69. The number of thiazole rings is 1. The second kappa shape index (κ2) is 6.69. The minimum Gasteiger partial charge on any atom is -0.303 e. The number of nitrogens with zero attached hydrogens (tertiary/aromatic N) is 5. The van der Waals surface area contributed by atoms with Crippen LogP contribution in [-0.2, 0) is 0 Å². The summed E-state index contributed by atoms with van der Waals surface area (Å²) >= 11 is 1.50. The van der Waals surface area contributed by atoms with Crippen molar-refractivity contribution in [2.24, 2.45) is 5.10 Å². The molecule has 1 fully saturated rings. The van der Waals surface area contributed by atoms with Crippen molar-refractivity contribution in [3.63, 3.8) is 0 Å². The van der Waals surface area contributed by atoms with E-state index in [1.165, 1.54) is 16.0 Å². The van der Waals surface area contributed by atoms with Crippen LogP contribution in [0.3, 0.4) is 0 Å². The molecule has 8 heteroatoms. The molecule has 1 aromatic carbocycles. The van der Waals surface area contributed by atoms with Crippen LogP contribution < -0.4 is 5.56 Å². The lowest BCUT2D eigenvalue weighted by Crippen LogP contribution is -2.42. The Hall–Kier alpha value is -2.45. The van der Waals surface area contributed by atoms with Gasteiger partial charge in [0, 0.05) is 31.9 Å². The van der Waals surface area contributed by atoms with Crippen LogP contribution in [0.5, 0.6) is 0 Å². The summed E-state index contributed by atoms with van der Waals surface area (Å²) in [6.07, 6.45) is 0. The van der Waals surface area contributed by atoms with Gasteiger partial charge in [-0.2, -0.15) is 9.78 Å². The Bertz CT molecular complexity index is 989. The van der Waals surface area contributed by atoms with E-state index in [9.17, 15) is 4.79 Å². The number of aromatic nitrogens is 3. The molecule has 1 aliphatic rings. The largest absolute Gasteiger partial charge is 0.303 e. The number of hydrazone groups is 1. The Balaban J connectivity index is 1.69. The van der Waals surface area contributed by atoms with Crippen molar-refractivity contribution in [1.82, 2.24) is 24.7 Å². The maximum atomic E-state index is 13.0. The Morgan fingerprint density at radius 1 is 1.23 bits per heavy atom. The smallest absolute Gasteiger partial charge is 0.282 e. The monoisotopic (exact) mass is 370 g/mol. The summed E-state index contributed by atoms with van der Waals surface area (Å²) in [4.78, 5) is 19.8. The summed E-state index contributed by atoms with van der Waals surface area (Å²) in [7, 11) is 2.11. The molecule has 0 saturated carbocycles. The Morgan fingerprint density at radius 3 is 2.69 bits per heavy atom. The molecule has 0 bridgehead atoms. The zero-order valence-corrected chi connectivity index (χ0v) is 16.0. The van der Waals surface area contributed by atoms with Crippen molar-refractivity contribution in [2.75, 3.05) is 33.2 Å². The van der Waals surface area contributed by atoms with Gasteiger partial charge in [0.1, 0.15) is 0 Å². The van der Waals surface area contributed by atoms with Gasteiger partial charge in [0.05, 0.1) is 21.5 Å². The first-order valence-corrected chi connectivity index (χ1v) is 9.51. The number of aryl methyl sites for hydroxylation is 1. The average molecular weight is 370 g/mol. The molecule has 136 valence electrons. The van der Waals surface area contributed by atoms with Crippen molar-refractivity contribution < 1.29 is 0 Å². The van der Waals surface area contributed by atoms with Gasteiger partial charge in [0.2, 0.25) is 5.13 Å². The fourth-order valence-electron chi connectivity index (χ4n) is 3.22. The lowest BCUT2D eigenvalue weighted by atomic mass is 10.2. The highest BCUT2D eigenvalue weighted by Crippen LogP contribution is 2.23. The number of benzene rings is 1. The summed E-state index contributed by atoms with van der Waals surface area (Å²) in [6, 6.07) is 7.90. The molecule has 1 saturated heterocycles. The molecule has 7 nitrogen and oxygen atoms in total. The molecular formula is C18H22N6OS. The van der Waals surface area contributed by atoms with Crippen LogP contribution in [0.1, 0.15) is 18.2 Å². The van der Waals surface area contributed by atoms with Gasteiger partial charge in [0.25, 0.3) is 5.56 Å². The molecule has 1 aliphatic heterocycles. The van der Waals surface area contributed by atoms with E-state index in [2.05, 4.69) is 27.1 Å². The lowest BCUT2D eigenvalue weighted by molar-refractivity contribution is 0.159. The van der Waals surface area contributed by atoms with Crippen molar-refractivity contribution in [3.05, 3.63) is 45.9 Å². The van der Waals surface area contributed by atoms with Gasteiger partial charge in [0.15, 0.2) is 0 Å². The molecule has 0 unspecified atom stereocenters. The van der Waals surface area contributed by atoms with Crippen molar-refractivity contribution >= 4 is 27.3 Å². The van der Waals surface area contributed by atoms with Crippen LogP contribution in [0.15, 0.2) is 34.2 Å². The zero-order chi connectivity index (χ0) is 18.3. The fraction of sp³-hybridized carbons (Fsp3) is 0.389. The molecule has 0 aliphatic carbocycles. The van der Waals surface area contributed by atoms with E-state index in [1.54, 1.807) is 0 Å². The molecule has 0 spiro atoms. The SMILES string of the molecule is CC(=NN1CCN(C)CC1)c1c(C)[nH]n(-c2nc3ccccc3s2)c1=O. The number of fused-ring (bicyclic) bond motifs is 1. The standard InChI is InChI=1S/C18H22N6OS/c1-12(20-23-10-8-22(3)9-11-23)16-13(2)21-24(17(16)25)18-19-14-6-4-5-7-15(14)26-18/h4-7,21H,8-11H2,1-3H3. The molecular weight excluding hydrogens is 348 g/mol. The number of para-hydroxylation sites is 1. The number of H-pyrrole nitrogens is 1. The molecule has 0 amide bonds. The lowest BCUT2D eigenvalue weighted by Gasteiger charge is -2.30. The summed E-state index contributed by atoms with van der Waals surface area (Å²) in [6.45, 7) is 7.53. The van der Waals surface area contributed by atoms with Crippen LogP contribution in [0.2, 0.25) is 0 Å². The van der Waals surface area contributed by atoms with Gasteiger partial charge < -0.3 is 4.90 Å². The number of hydrogen-bond acceptors (Lipinski definition) is 6. The molecule has 3 heterocycles. The molecule has 2 aromatic heterocycles. The van der Waals surface area contributed by atoms with Gasteiger partial charge in [-0.15, -0.1) is 0 Å². The number of aromatic amines is 1. The van der Waals surface area contributed by atoms with Crippen molar-refractivity contribution in [2.45, 2.75) is 13.8 Å². The number of piperazine rings is 1. The Morgan fingerprint density at radius 2 is 1.96 bits per heavy atom. The Kier molecular flexibility index (Phi) is 4.37. The number of likely N-dealkylation sites (N-methyl/N-ethyl adjacent to an activating group) is 1. The van der Waals surface area contributed by atoms with E-state index in [-0.39, 0.29) is 5.56 Å². The van der Waals surface area contributed by atoms with Gasteiger partial charge >= 0.3 is 0 Å². The first kappa shape index (κ1) is 17.0. The maximum absolute atomic E-state index is 13.0. The van der Waals surface area contributed by atoms with Crippen LogP contribution in [0.4, 0.5) is 0 Å². The summed E-state index contributed by atoms with van der Waals surface area (Å²) < 4.78 is 2.59.